The average Bonchev–Trinajstić information content (AvgIpc) is 2.76. The molecule has 2 aromatic rings. The molecule has 2 aliphatic rings. The van der Waals surface area contributed by atoms with E-state index in [9.17, 15) is 4.79 Å². The third-order valence-electron chi connectivity index (χ3n) is 4.39. The van der Waals surface area contributed by atoms with Crippen molar-refractivity contribution in [2.75, 3.05) is 24.9 Å². The summed E-state index contributed by atoms with van der Waals surface area (Å²) >= 11 is 0. The van der Waals surface area contributed by atoms with E-state index in [1.807, 2.05) is 47.5 Å². The van der Waals surface area contributed by atoms with Gasteiger partial charge < -0.3 is 16.6 Å². The smallest absolute Gasteiger partial charge is 0.166 e. The Morgan fingerprint density at radius 3 is 2.44 bits per heavy atom. The van der Waals surface area contributed by atoms with Crippen LogP contribution in [0.2, 0.25) is 0 Å². The first kappa shape index (κ1) is 20.4. The van der Waals surface area contributed by atoms with Gasteiger partial charge in [-0.1, -0.05) is 24.3 Å². The summed E-state index contributed by atoms with van der Waals surface area (Å²) < 4.78 is 0. The Morgan fingerprint density at radius 1 is 1.07 bits per heavy atom. The maximum Gasteiger partial charge on any atom is 0.166 e. The molecule has 2 aromatic carbocycles. The predicted molar refractivity (Wildman–Crippen MR) is 111 cm³/mol. The number of para-hydroxylation sites is 1. The van der Waals surface area contributed by atoms with E-state index >= 15 is 0 Å². The maximum atomic E-state index is 11.3. The van der Waals surface area contributed by atoms with Gasteiger partial charge in [-0.25, -0.2) is 5.01 Å². The molecule has 0 bridgehead atoms. The number of hydrogen-bond acceptors (Lipinski definition) is 6. The zero-order chi connectivity index (χ0) is 19.8. The fraction of sp³-hybridized carbons (Fsp3) is 0.238. The second kappa shape index (κ2) is 9.66. The van der Waals surface area contributed by atoms with E-state index in [0.29, 0.717) is 12.1 Å². The summed E-state index contributed by atoms with van der Waals surface area (Å²) in [7, 11) is 2.50. The molecular weight excluding hydrogens is 340 g/mol. The zero-order valence-electron chi connectivity index (χ0n) is 15.7. The number of nitrogen functional groups attached to an aromatic ring is 1. The Kier molecular flexibility index (Phi) is 7.28. The molecule has 0 fully saturated rings. The minimum Gasteiger partial charge on any atom is -0.400 e. The van der Waals surface area contributed by atoms with Gasteiger partial charge in [0.25, 0.3) is 0 Å². The summed E-state index contributed by atoms with van der Waals surface area (Å²) in [4.78, 5) is 11.3. The lowest BCUT2D eigenvalue weighted by molar-refractivity contribution is -0.102. The number of hydrogen-bond donors (Lipinski definition) is 3. The molecule has 0 aromatic heterocycles. The molecule has 6 nitrogen and oxygen atoms in total. The number of aryl methyl sites for hydroxylation is 1. The van der Waals surface area contributed by atoms with Gasteiger partial charge in [-0.05, 0) is 55.3 Å². The molecular formula is C21H26N4O2. The molecule has 1 aliphatic heterocycles. The molecule has 0 radical (unpaired) electrons. The second-order valence-corrected chi connectivity index (χ2v) is 5.90. The highest BCUT2D eigenvalue weighted by Gasteiger charge is 2.29. The number of aldehydes is 1. The van der Waals surface area contributed by atoms with Crippen LogP contribution in [0.5, 0.6) is 0 Å². The van der Waals surface area contributed by atoms with Crippen LogP contribution in [0.3, 0.4) is 0 Å². The first-order chi connectivity index (χ1) is 13.3. The van der Waals surface area contributed by atoms with E-state index < -0.39 is 0 Å². The first-order valence-electron chi connectivity index (χ1n) is 8.77. The number of anilines is 2. The Labute approximate surface area is 159 Å². The number of benzene rings is 2. The van der Waals surface area contributed by atoms with Crippen molar-refractivity contribution in [1.82, 2.24) is 0 Å². The van der Waals surface area contributed by atoms with Crippen LogP contribution in [0.15, 0.2) is 59.2 Å². The summed E-state index contributed by atoms with van der Waals surface area (Å²) in [5.74, 6) is 0. The van der Waals surface area contributed by atoms with Crippen LogP contribution in [-0.2, 0) is 11.2 Å². The number of aliphatic hydroxyl groups is 1. The molecule has 4 rings (SSSR count). The van der Waals surface area contributed by atoms with Crippen LogP contribution >= 0.6 is 0 Å². The molecule has 0 saturated heterocycles. The fourth-order valence-electron chi connectivity index (χ4n) is 3.32. The molecule has 142 valence electrons. The van der Waals surface area contributed by atoms with Crippen molar-refractivity contribution in [2.24, 2.45) is 10.8 Å². The van der Waals surface area contributed by atoms with E-state index in [2.05, 4.69) is 16.9 Å². The van der Waals surface area contributed by atoms with Gasteiger partial charge in [0.15, 0.2) is 6.29 Å². The monoisotopic (exact) mass is 366 g/mol. The van der Waals surface area contributed by atoms with Gasteiger partial charge in [-0.15, -0.1) is 0 Å². The van der Waals surface area contributed by atoms with Crippen molar-refractivity contribution < 1.29 is 9.90 Å². The topological polar surface area (TPSA) is 105 Å². The molecule has 6 heteroatoms. The van der Waals surface area contributed by atoms with E-state index in [1.54, 1.807) is 0 Å². The fourth-order valence-corrected chi connectivity index (χ4v) is 3.32. The Morgan fingerprint density at radius 2 is 1.78 bits per heavy atom. The van der Waals surface area contributed by atoms with Crippen LogP contribution in [0.1, 0.15) is 24.0 Å². The minimum atomic E-state index is 0.569. The molecule has 0 saturated carbocycles. The lowest BCUT2D eigenvalue weighted by Crippen LogP contribution is -2.27. The van der Waals surface area contributed by atoms with Crippen molar-refractivity contribution >= 4 is 29.1 Å². The second-order valence-electron chi connectivity index (χ2n) is 5.90. The molecule has 1 aliphatic carbocycles. The quantitative estimate of drug-likeness (QED) is 0.560. The number of fused-ring (bicyclic) bond motifs is 2. The van der Waals surface area contributed by atoms with Crippen LogP contribution in [-0.4, -0.2) is 31.3 Å². The molecule has 0 unspecified atom stereocenters. The van der Waals surface area contributed by atoms with Crippen LogP contribution in [0.25, 0.3) is 5.70 Å². The van der Waals surface area contributed by atoms with Crippen molar-refractivity contribution in [2.45, 2.75) is 19.3 Å². The molecule has 0 amide bonds. The lowest BCUT2D eigenvalue weighted by atomic mass is 9.85. The Bertz CT molecular complexity index is 845. The summed E-state index contributed by atoms with van der Waals surface area (Å²) in [6.07, 6.45) is 3.40. The van der Waals surface area contributed by atoms with Gasteiger partial charge in [-0.2, -0.15) is 5.10 Å². The van der Waals surface area contributed by atoms with Crippen molar-refractivity contribution in [1.29, 1.82) is 0 Å². The van der Waals surface area contributed by atoms with E-state index in [1.165, 1.54) is 18.2 Å². The minimum absolute atomic E-state index is 0.569. The number of nitrogens with two attached hydrogens (primary N) is 2. The Hall–Kier alpha value is -2.96. The summed E-state index contributed by atoms with van der Waals surface area (Å²) in [5.41, 5.74) is 17.5. The largest absolute Gasteiger partial charge is 0.400 e. The van der Waals surface area contributed by atoms with Crippen LogP contribution in [0, 0.1) is 0 Å². The summed E-state index contributed by atoms with van der Waals surface area (Å²) in [5, 5.41) is 13.5. The number of carbonyl (C=O) groups is 1. The van der Waals surface area contributed by atoms with Crippen molar-refractivity contribution in [3.63, 3.8) is 0 Å². The number of hydrazone groups is 1. The van der Waals surface area contributed by atoms with Crippen molar-refractivity contribution in [3.05, 3.63) is 65.2 Å². The van der Waals surface area contributed by atoms with Gasteiger partial charge in [0.05, 0.1) is 11.4 Å². The lowest BCUT2D eigenvalue weighted by Gasteiger charge is -2.34. The Balaban J connectivity index is 0.000000614. The summed E-state index contributed by atoms with van der Waals surface area (Å²) in [6.45, 7) is 0. The third-order valence-corrected chi connectivity index (χ3v) is 4.39. The summed E-state index contributed by atoms with van der Waals surface area (Å²) in [6, 6.07) is 16.0. The third kappa shape index (κ3) is 4.24. The van der Waals surface area contributed by atoms with Gasteiger partial charge in [0.1, 0.15) is 5.71 Å². The zero-order valence-corrected chi connectivity index (χ0v) is 15.7. The van der Waals surface area contributed by atoms with Gasteiger partial charge >= 0.3 is 0 Å². The normalized spacial score (nSPS) is 14.5. The highest BCUT2D eigenvalue weighted by molar-refractivity contribution is 6.30. The van der Waals surface area contributed by atoms with E-state index in [-0.39, 0.29) is 0 Å². The maximum absolute atomic E-state index is 11.3. The molecule has 0 spiro atoms. The molecule has 27 heavy (non-hydrogen) atoms. The van der Waals surface area contributed by atoms with E-state index in [0.717, 1.165) is 48.9 Å². The number of aliphatic hydroxyl groups excluding tert-OH is 1. The molecule has 1 heterocycles. The number of nitrogens with zero attached hydrogens (tertiary/aromatic N) is 2. The molecule has 0 atom stereocenters. The standard InChI is InChI=1S/C19H17N3O.CH5N.CH4O/c20-15-9-8-13-6-7-14-10-16(12-23)21-22(19(14)18(13)11-15)17-4-2-1-3-5-17;2*1-2/h1-5,8-9,11-12H,6-7,10,20H2;2H2,1H3;2H,1H3. The van der Waals surface area contributed by atoms with Gasteiger partial charge in [0.2, 0.25) is 0 Å². The number of allylic oxidation sites excluding steroid dienone is 1. The average molecular weight is 366 g/mol. The van der Waals surface area contributed by atoms with Gasteiger partial charge in [-0.3, -0.25) is 4.79 Å². The SMILES string of the molecule is CN.CO.Nc1ccc2c(c1)C1=C(CC2)CC(C=O)=NN1c1ccccc1. The van der Waals surface area contributed by atoms with E-state index in [4.69, 9.17) is 10.8 Å². The number of carbonyl (C=O) groups excluding carboxylic acids is 1. The van der Waals surface area contributed by atoms with Crippen molar-refractivity contribution in [3.8, 4) is 0 Å². The van der Waals surface area contributed by atoms with Gasteiger partial charge in [0, 0.05) is 24.8 Å². The highest BCUT2D eigenvalue weighted by atomic mass is 16.2. The number of rotatable bonds is 2. The van der Waals surface area contributed by atoms with Crippen LogP contribution < -0.4 is 16.5 Å². The first-order valence-corrected chi connectivity index (χ1v) is 8.77. The molecule has 5 N–H and O–H groups in total. The predicted octanol–water partition coefficient (Wildman–Crippen LogP) is 2.57. The highest BCUT2D eigenvalue weighted by Crippen LogP contribution is 2.40. The van der Waals surface area contributed by atoms with Crippen LogP contribution in [0.4, 0.5) is 11.4 Å².